The number of hydrogen-bond acceptors (Lipinski definition) is 0. The first-order valence-corrected chi connectivity index (χ1v) is 2.74. The summed E-state index contributed by atoms with van der Waals surface area (Å²) in [6, 6.07) is 0. The van der Waals surface area contributed by atoms with E-state index in [1.165, 1.54) is 0 Å². The van der Waals surface area contributed by atoms with E-state index in [0.717, 1.165) is 0 Å². The third-order valence-corrected chi connectivity index (χ3v) is 1.83. The van der Waals surface area contributed by atoms with Crippen LogP contribution in [0, 0.1) is 0 Å². The number of alkyl halides is 6. The minimum Gasteiger partial charge on any atom is -0.237 e. The summed E-state index contributed by atoms with van der Waals surface area (Å²) in [4.78, 5) is 0. The predicted octanol–water partition coefficient (Wildman–Crippen LogP) is 2.34. The van der Waals surface area contributed by atoms with Crippen LogP contribution in [0.25, 0.3) is 0 Å². The smallest absolute Gasteiger partial charge is 0.237 e. The second-order valence-electron chi connectivity index (χ2n) is 2.64. The zero-order valence-electron chi connectivity index (χ0n) is 5.35. The van der Waals surface area contributed by atoms with Gasteiger partial charge in [0.2, 0.25) is 11.8 Å². The van der Waals surface area contributed by atoms with Crippen molar-refractivity contribution < 1.29 is 26.3 Å². The predicted molar refractivity (Wildman–Crippen MR) is 24.3 cm³/mol. The van der Waals surface area contributed by atoms with Crippen LogP contribution in [-0.4, -0.2) is 23.7 Å². The van der Waals surface area contributed by atoms with Crippen LogP contribution in [0.15, 0.2) is 0 Å². The molecule has 1 saturated carbocycles. The van der Waals surface area contributed by atoms with Gasteiger partial charge >= 0.3 is 11.8 Å². The summed E-state index contributed by atoms with van der Waals surface area (Å²) in [6.07, 6.45) is -3.41. The van der Waals surface area contributed by atoms with E-state index < -0.39 is 23.7 Å². The van der Waals surface area contributed by atoms with E-state index in [2.05, 4.69) is 0 Å². The van der Waals surface area contributed by atoms with E-state index >= 15 is 0 Å². The van der Waals surface area contributed by atoms with Gasteiger partial charge in [0, 0.05) is 0 Å². The number of hydrogen-bond donors (Lipinski definition) is 0. The molecule has 0 saturated heterocycles. The van der Waals surface area contributed by atoms with Gasteiger partial charge in [0.15, 0.2) is 0 Å². The Morgan fingerprint density at radius 2 is 1.36 bits per heavy atom. The quantitative estimate of drug-likeness (QED) is 0.499. The standard InChI is InChI=1S/C5H4F6/c1-3(7)2(6)4(8,9)5(3,10)11/h2H,1H3. The molecule has 0 aromatic rings. The molecule has 0 heterocycles. The van der Waals surface area contributed by atoms with Gasteiger partial charge in [-0.2, -0.15) is 17.6 Å². The monoisotopic (exact) mass is 178 g/mol. The van der Waals surface area contributed by atoms with Crippen molar-refractivity contribution in [1.82, 2.24) is 0 Å². The SMILES string of the molecule is CC1(F)C(F)C(F)(F)C1(F)F. The molecule has 1 aliphatic carbocycles. The first-order chi connectivity index (χ1) is 4.65. The van der Waals surface area contributed by atoms with Crippen molar-refractivity contribution in [3.05, 3.63) is 0 Å². The lowest BCUT2D eigenvalue weighted by Crippen LogP contribution is -2.77. The molecular formula is C5H4F6. The molecule has 0 N–H and O–H groups in total. The summed E-state index contributed by atoms with van der Waals surface area (Å²) in [5, 5.41) is 0. The van der Waals surface area contributed by atoms with Crippen molar-refractivity contribution in [3.8, 4) is 0 Å². The Kier molecular flexibility index (Phi) is 1.31. The highest BCUT2D eigenvalue weighted by Gasteiger charge is 2.87. The summed E-state index contributed by atoms with van der Waals surface area (Å²) in [5.74, 6) is -9.75. The second kappa shape index (κ2) is 1.67. The summed E-state index contributed by atoms with van der Waals surface area (Å²) in [5.41, 5.74) is -3.74. The third-order valence-electron chi connectivity index (χ3n) is 1.83. The van der Waals surface area contributed by atoms with Crippen LogP contribution >= 0.6 is 0 Å². The lowest BCUT2D eigenvalue weighted by atomic mass is 9.73. The van der Waals surface area contributed by atoms with E-state index in [9.17, 15) is 26.3 Å². The molecular weight excluding hydrogens is 174 g/mol. The van der Waals surface area contributed by atoms with Gasteiger partial charge in [0.25, 0.3) is 0 Å². The minimum absolute atomic E-state index is 0.120. The first kappa shape index (κ1) is 8.67. The topological polar surface area (TPSA) is 0 Å². The second-order valence-corrected chi connectivity index (χ2v) is 2.64. The summed E-state index contributed by atoms with van der Waals surface area (Å²) < 4.78 is 71.9. The van der Waals surface area contributed by atoms with Gasteiger partial charge in [-0.3, -0.25) is 0 Å². The van der Waals surface area contributed by atoms with Crippen molar-refractivity contribution >= 4 is 0 Å². The largest absolute Gasteiger partial charge is 0.349 e. The highest BCUT2D eigenvalue weighted by molar-refractivity contribution is 5.20. The van der Waals surface area contributed by atoms with Crippen LogP contribution in [-0.2, 0) is 0 Å². The first-order valence-electron chi connectivity index (χ1n) is 2.74. The van der Waals surface area contributed by atoms with Crippen LogP contribution in [0.1, 0.15) is 6.92 Å². The Labute approximate surface area is 58.2 Å². The summed E-state index contributed by atoms with van der Waals surface area (Å²) in [6.45, 7) is 0.120. The molecule has 0 amide bonds. The number of rotatable bonds is 0. The normalized spacial score (nSPS) is 46.6. The number of halogens is 6. The maximum Gasteiger partial charge on any atom is 0.349 e. The molecule has 1 aliphatic rings. The lowest BCUT2D eigenvalue weighted by Gasteiger charge is -2.49. The molecule has 1 fully saturated rings. The molecule has 0 aromatic carbocycles. The van der Waals surface area contributed by atoms with E-state index in [0.29, 0.717) is 0 Å². The van der Waals surface area contributed by atoms with Crippen molar-refractivity contribution in [2.75, 3.05) is 0 Å². The Balaban J connectivity index is 2.98. The van der Waals surface area contributed by atoms with Crippen LogP contribution < -0.4 is 0 Å². The van der Waals surface area contributed by atoms with Crippen LogP contribution in [0.5, 0.6) is 0 Å². The molecule has 6 heteroatoms. The fourth-order valence-corrected chi connectivity index (χ4v) is 0.907. The average molecular weight is 178 g/mol. The van der Waals surface area contributed by atoms with Gasteiger partial charge in [-0.15, -0.1) is 0 Å². The zero-order chi connectivity index (χ0) is 9.08. The van der Waals surface area contributed by atoms with Crippen LogP contribution in [0.4, 0.5) is 26.3 Å². The summed E-state index contributed by atoms with van der Waals surface area (Å²) in [7, 11) is 0. The van der Waals surface area contributed by atoms with Gasteiger partial charge in [-0.25, -0.2) is 8.78 Å². The Morgan fingerprint density at radius 3 is 1.45 bits per heavy atom. The molecule has 2 unspecified atom stereocenters. The third kappa shape index (κ3) is 0.629. The molecule has 0 radical (unpaired) electrons. The Hall–Kier alpha value is -0.420. The molecule has 0 aromatic heterocycles. The van der Waals surface area contributed by atoms with Crippen molar-refractivity contribution in [2.24, 2.45) is 0 Å². The highest BCUT2D eigenvalue weighted by Crippen LogP contribution is 2.61. The fraction of sp³-hybridized carbons (Fsp3) is 1.00. The molecule has 0 spiro atoms. The van der Waals surface area contributed by atoms with Crippen LogP contribution in [0.3, 0.4) is 0 Å². The maximum absolute atomic E-state index is 12.3. The fourth-order valence-electron chi connectivity index (χ4n) is 0.907. The van der Waals surface area contributed by atoms with Gasteiger partial charge < -0.3 is 0 Å². The Morgan fingerprint density at radius 1 is 1.00 bits per heavy atom. The molecule has 0 bridgehead atoms. The Bertz CT molecular complexity index is 165. The highest BCUT2D eigenvalue weighted by atomic mass is 19.3. The van der Waals surface area contributed by atoms with Gasteiger partial charge in [-0.05, 0) is 6.92 Å². The molecule has 66 valence electrons. The van der Waals surface area contributed by atoms with Crippen molar-refractivity contribution in [2.45, 2.75) is 30.6 Å². The molecule has 11 heavy (non-hydrogen) atoms. The van der Waals surface area contributed by atoms with Crippen molar-refractivity contribution in [1.29, 1.82) is 0 Å². The summed E-state index contributed by atoms with van der Waals surface area (Å²) >= 11 is 0. The average Bonchev–Trinajstić information content (AvgIpc) is 1.84. The lowest BCUT2D eigenvalue weighted by molar-refractivity contribution is -0.389. The zero-order valence-corrected chi connectivity index (χ0v) is 5.35. The van der Waals surface area contributed by atoms with E-state index in [1.54, 1.807) is 0 Å². The molecule has 0 nitrogen and oxygen atoms in total. The molecule has 1 rings (SSSR count). The maximum atomic E-state index is 12.3. The van der Waals surface area contributed by atoms with E-state index in [4.69, 9.17) is 0 Å². The van der Waals surface area contributed by atoms with Gasteiger partial charge in [0.05, 0.1) is 0 Å². The van der Waals surface area contributed by atoms with E-state index in [1.807, 2.05) is 0 Å². The minimum atomic E-state index is -4.89. The van der Waals surface area contributed by atoms with Gasteiger partial charge in [-0.1, -0.05) is 0 Å². The molecule has 2 atom stereocenters. The van der Waals surface area contributed by atoms with Crippen LogP contribution in [0.2, 0.25) is 0 Å². The molecule has 0 aliphatic heterocycles. The van der Waals surface area contributed by atoms with E-state index in [-0.39, 0.29) is 6.92 Å². The van der Waals surface area contributed by atoms with Crippen molar-refractivity contribution in [3.63, 3.8) is 0 Å². The van der Waals surface area contributed by atoms with Gasteiger partial charge in [0.1, 0.15) is 0 Å².